The highest BCUT2D eigenvalue weighted by molar-refractivity contribution is 6.11. The summed E-state index contributed by atoms with van der Waals surface area (Å²) in [5.74, 6) is 0.516. The smallest absolute Gasteiger partial charge is 0.264 e. The zero-order chi connectivity index (χ0) is 23.4. The summed E-state index contributed by atoms with van der Waals surface area (Å²) in [6.45, 7) is 0.460. The molecule has 0 saturated heterocycles. The molecule has 0 fully saturated rings. The van der Waals surface area contributed by atoms with Crippen LogP contribution in [0.1, 0.15) is 22.3 Å². The average molecular weight is 447 g/mol. The van der Waals surface area contributed by atoms with E-state index in [0.717, 1.165) is 0 Å². The van der Waals surface area contributed by atoms with Crippen LogP contribution in [0.25, 0.3) is 0 Å². The van der Waals surface area contributed by atoms with E-state index in [1.807, 2.05) is 30.3 Å². The third kappa shape index (κ3) is 4.27. The Morgan fingerprint density at radius 1 is 0.939 bits per heavy atom. The van der Waals surface area contributed by atoms with E-state index in [0.29, 0.717) is 28.5 Å². The number of hydrogen-bond acceptors (Lipinski definition) is 6. The second-order valence-corrected chi connectivity index (χ2v) is 7.66. The highest BCUT2D eigenvalue weighted by Crippen LogP contribution is 2.43. The van der Waals surface area contributed by atoms with Crippen molar-refractivity contribution in [2.45, 2.75) is 12.0 Å². The van der Waals surface area contributed by atoms with Crippen LogP contribution < -0.4 is 19.1 Å². The summed E-state index contributed by atoms with van der Waals surface area (Å²) < 4.78 is 16.3. The van der Waals surface area contributed by atoms with Crippen molar-refractivity contribution >= 4 is 17.4 Å². The highest BCUT2D eigenvalue weighted by Gasteiger charge is 2.50. The van der Waals surface area contributed by atoms with Crippen molar-refractivity contribution in [1.82, 2.24) is 0 Å². The molecule has 4 rings (SSSR count). The van der Waals surface area contributed by atoms with Crippen LogP contribution in [-0.4, -0.2) is 44.2 Å². The number of para-hydroxylation sites is 2. The van der Waals surface area contributed by atoms with E-state index in [2.05, 4.69) is 0 Å². The number of fused-ring (bicyclic) bond motifs is 1. The summed E-state index contributed by atoms with van der Waals surface area (Å²) in [5, 5.41) is 11.5. The van der Waals surface area contributed by atoms with E-state index in [4.69, 9.17) is 14.2 Å². The predicted octanol–water partition coefficient (Wildman–Crippen LogP) is 3.59. The summed E-state index contributed by atoms with van der Waals surface area (Å²) in [4.78, 5) is 28.1. The van der Waals surface area contributed by atoms with E-state index in [1.165, 1.54) is 19.1 Å². The van der Waals surface area contributed by atoms with Gasteiger partial charge in [0.1, 0.15) is 23.9 Å². The molecule has 1 atom stereocenters. The van der Waals surface area contributed by atoms with Crippen LogP contribution >= 0.6 is 0 Å². The minimum Gasteiger partial charge on any atom is -0.497 e. The Bertz CT molecular complexity index is 1160. The predicted molar refractivity (Wildman–Crippen MR) is 123 cm³/mol. The van der Waals surface area contributed by atoms with Crippen LogP contribution in [0.5, 0.6) is 17.2 Å². The second-order valence-electron chi connectivity index (χ2n) is 7.66. The Balaban J connectivity index is 1.58. The molecule has 1 N–H and O–H groups in total. The Morgan fingerprint density at radius 2 is 1.67 bits per heavy atom. The molecule has 0 bridgehead atoms. The Kier molecular flexibility index (Phi) is 6.33. The van der Waals surface area contributed by atoms with Crippen LogP contribution in [0.2, 0.25) is 0 Å². The largest absolute Gasteiger partial charge is 0.497 e. The molecule has 1 heterocycles. The monoisotopic (exact) mass is 447 g/mol. The number of aliphatic hydroxyl groups is 1. The van der Waals surface area contributed by atoms with Crippen molar-refractivity contribution in [3.05, 3.63) is 83.9 Å². The van der Waals surface area contributed by atoms with E-state index >= 15 is 0 Å². The van der Waals surface area contributed by atoms with Crippen molar-refractivity contribution in [3.63, 3.8) is 0 Å². The molecular formula is C26H25NO6. The van der Waals surface area contributed by atoms with Gasteiger partial charge in [0.15, 0.2) is 11.4 Å². The van der Waals surface area contributed by atoms with E-state index in [9.17, 15) is 14.7 Å². The van der Waals surface area contributed by atoms with Gasteiger partial charge in [0.2, 0.25) is 0 Å². The highest BCUT2D eigenvalue weighted by atomic mass is 16.5. The molecule has 0 radical (unpaired) electrons. The van der Waals surface area contributed by atoms with Gasteiger partial charge in [-0.25, -0.2) is 0 Å². The number of amides is 1. The van der Waals surface area contributed by atoms with Crippen LogP contribution in [0.4, 0.5) is 5.69 Å². The number of benzene rings is 3. The number of hydrogen-bond donors (Lipinski definition) is 1. The molecule has 7 heteroatoms. The molecule has 1 aliphatic rings. The second kappa shape index (κ2) is 9.34. The average Bonchev–Trinajstić information content (AvgIpc) is 3.06. The lowest BCUT2D eigenvalue weighted by Gasteiger charge is -2.23. The van der Waals surface area contributed by atoms with Gasteiger partial charge in [-0.05, 0) is 36.4 Å². The fraction of sp³-hybridized carbons (Fsp3) is 0.231. The van der Waals surface area contributed by atoms with Gasteiger partial charge in [0.05, 0.1) is 38.4 Å². The summed E-state index contributed by atoms with van der Waals surface area (Å²) in [6, 6.07) is 21.1. The maximum Gasteiger partial charge on any atom is 0.264 e. The molecule has 170 valence electrons. The number of anilines is 1. The Labute approximate surface area is 192 Å². The molecule has 0 aromatic heterocycles. The van der Waals surface area contributed by atoms with Crippen LogP contribution in [0.15, 0.2) is 72.8 Å². The standard InChI is InChI=1S/C26H25NO6/c1-31-19-12-13-24(32-2)20(16-19)23(28)17-26(30)21-10-6-7-11-22(21)27(25(26)29)14-15-33-18-8-4-3-5-9-18/h3-13,16,30H,14-15,17H2,1-2H3. The molecule has 1 amide bonds. The van der Waals surface area contributed by atoms with Crippen LogP contribution in [-0.2, 0) is 10.4 Å². The molecule has 33 heavy (non-hydrogen) atoms. The van der Waals surface area contributed by atoms with Crippen LogP contribution in [0.3, 0.4) is 0 Å². The SMILES string of the molecule is COc1ccc(OC)c(C(=O)CC2(O)C(=O)N(CCOc3ccccc3)c3ccccc32)c1. The summed E-state index contributed by atoms with van der Waals surface area (Å²) >= 11 is 0. The molecule has 1 aliphatic heterocycles. The minimum absolute atomic E-state index is 0.226. The fourth-order valence-corrected chi connectivity index (χ4v) is 4.03. The van der Waals surface area contributed by atoms with E-state index in [1.54, 1.807) is 42.5 Å². The summed E-state index contributed by atoms with van der Waals surface area (Å²) in [7, 11) is 2.95. The number of ketones is 1. The molecule has 3 aromatic carbocycles. The van der Waals surface area contributed by atoms with Gasteiger partial charge in [-0.1, -0.05) is 36.4 Å². The van der Waals surface area contributed by atoms with Gasteiger partial charge in [-0.2, -0.15) is 0 Å². The zero-order valence-electron chi connectivity index (χ0n) is 18.5. The lowest BCUT2D eigenvalue weighted by Crippen LogP contribution is -2.43. The Morgan fingerprint density at radius 3 is 2.39 bits per heavy atom. The molecule has 0 spiro atoms. The minimum atomic E-state index is -1.99. The van der Waals surface area contributed by atoms with Gasteiger partial charge < -0.3 is 24.2 Å². The summed E-state index contributed by atoms with van der Waals surface area (Å²) in [6.07, 6.45) is -0.428. The van der Waals surface area contributed by atoms with Crippen LogP contribution in [0, 0.1) is 0 Å². The zero-order valence-corrected chi connectivity index (χ0v) is 18.5. The maximum atomic E-state index is 13.4. The van der Waals surface area contributed by atoms with Crippen molar-refractivity contribution in [2.75, 3.05) is 32.3 Å². The first-order chi connectivity index (χ1) is 16.0. The number of methoxy groups -OCH3 is 2. The molecular weight excluding hydrogens is 422 g/mol. The van der Waals surface area contributed by atoms with Gasteiger partial charge >= 0.3 is 0 Å². The molecule has 3 aromatic rings. The number of carbonyl (C=O) groups excluding carboxylic acids is 2. The van der Waals surface area contributed by atoms with Crippen molar-refractivity contribution < 1.29 is 28.9 Å². The molecule has 1 unspecified atom stereocenters. The first-order valence-corrected chi connectivity index (χ1v) is 10.5. The lowest BCUT2D eigenvalue weighted by atomic mass is 9.88. The number of ether oxygens (including phenoxy) is 3. The van der Waals surface area contributed by atoms with E-state index < -0.39 is 23.7 Å². The van der Waals surface area contributed by atoms with E-state index in [-0.39, 0.29) is 18.7 Å². The normalized spacial score (nSPS) is 16.9. The molecule has 0 aliphatic carbocycles. The first-order valence-electron chi connectivity index (χ1n) is 10.5. The number of carbonyl (C=O) groups is 2. The van der Waals surface area contributed by atoms with Gasteiger partial charge in [0, 0.05) is 5.56 Å². The topological polar surface area (TPSA) is 85.3 Å². The molecule has 7 nitrogen and oxygen atoms in total. The quantitative estimate of drug-likeness (QED) is 0.505. The third-order valence-corrected chi connectivity index (χ3v) is 5.69. The van der Waals surface area contributed by atoms with Crippen molar-refractivity contribution in [3.8, 4) is 17.2 Å². The summed E-state index contributed by atoms with van der Waals surface area (Å²) in [5.41, 5.74) is -0.799. The Hall–Kier alpha value is -3.84. The lowest BCUT2D eigenvalue weighted by molar-refractivity contribution is -0.135. The fourth-order valence-electron chi connectivity index (χ4n) is 4.03. The van der Waals surface area contributed by atoms with Gasteiger partial charge in [-0.3, -0.25) is 9.59 Å². The maximum absolute atomic E-state index is 13.4. The number of Topliss-reactive ketones (excluding diaryl/α,β-unsaturated/α-hetero) is 1. The third-order valence-electron chi connectivity index (χ3n) is 5.69. The van der Waals surface area contributed by atoms with Gasteiger partial charge in [0.25, 0.3) is 5.91 Å². The number of nitrogens with zero attached hydrogens (tertiary/aromatic N) is 1. The van der Waals surface area contributed by atoms with Crippen molar-refractivity contribution in [2.24, 2.45) is 0 Å². The van der Waals surface area contributed by atoms with Crippen molar-refractivity contribution in [1.29, 1.82) is 0 Å². The van der Waals surface area contributed by atoms with Gasteiger partial charge in [-0.15, -0.1) is 0 Å². The number of rotatable bonds is 9. The first kappa shape index (κ1) is 22.4. The molecule has 0 saturated carbocycles.